The second-order valence-electron chi connectivity index (χ2n) is 3.57. The topological polar surface area (TPSA) is 104 Å². The van der Waals surface area contributed by atoms with Crippen LogP contribution in [0.25, 0.3) is 0 Å². The standard InChI is InChI=1S/C11H11NO5S/c1-17-10-4-8(2-3-9(10)5-12)6-18(15,16)7-11(13)14/h2-4H,6-7H2,1H3,(H,13,14). The number of carbonyl (C=O) groups is 1. The van der Waals surface area contributed by atoms with Crippen LogP contribution in [0, 0.1) is 11.3 Å². The van der Waals surface area contributed by atoms with Gasteiger partial charge in [0.1, 0.15) is 17.6 Å². The number of carboxylic acids is 1. The summed E-state index contributed by atoms with van der Waals surface area (Å²) in [4.78, 5) is 10.4. The third-order valence-corrected chi connectivity index (χ3v) is 3.58. The first kappa shape index (κ1) is 14.0. The molecule has 0 amide bonds. The molecule has 0 unspecified atom stereocenters. The van der Waals surface area contributed by atoms with Gasteiger partial charge in [0.2, 0.25) is 0 Å². The molecule has 6 nitrogen and oxygen atoms in total. The van der Waals surface area contributed by atoms with E-state index >= 15 is 0 Å². The van der Waals surface area contributed by atoms with Gasteiger partial charge in [0, 0.05) is 0 Å². The lowest BCUT2D eigenvalue weighted by molar-refractivity contribution is -0.134. The smallest absolute Gasteiger partial charge is 0.318 e. The summed E-state index contributed by atoms with van der Waals surface area (Å²) in [7, 11) is -2.35. The molecule has 0 heterocycles. The highest BCUT2D eigenvalue weighted by Crippen LogP contribution is 2.20. The number of benzene rings is 1. The van der Waals surface area contributed by atoms with Crippen LogP contribution < -0.4 is 4.74 Å². The van der Waals surface area contributed by atoms with Crippen molar-refractivity contribution < 1.29 is 23.1 Å². The molecule has 1 N–H and O–H groups in total. The summed E-state index contributed by atoms with van der Waals surface area (Å²) in [5.41, 5.74) is 0.670. The maximum atomic E-state index is 11.5. The summed E-state index contributed by atoms with van der Waals surface area (Å²) in [5.74, 6) is -2.45. The van der Waals surface area contributed by atoms with Crippen molar-refractivity contribution in [1.29, 1.82) is 5.26 Å². The molecule has 0 bridgehead atoms. The number of rotatable bonds is 5. The molecular formula is C11H11NO5S. The van der Waals surface area contributed by atoms with E-state index in [0.29, 0.717) is 5.56 Å². The fourth-order valence-electron chi connectivity index (χ4n) is 1.41. The van der Waals surface area contributed by atoms with E-state index in [1.165, 1.54) is 25.3 Å². The van der Waals surface area contributed by atoms with Crippen molar-refractivity contribution in [3.63, 3.8) is 0 Å². The molecule has 1 rings (SSSR count). The predicted octanol–water partition coefficient (Wildman–Crippen LogP) is 0.566. The van der Waals surface area contributed by atoms with E-state index in [1.54, 1.807) is 0 Å². The molecule has 0 fully saturated rings. The van der Waals surface area contributed by atoms with Gasteiger partial charge in [-0.2, -0.15) is 5.26 Å². The summed E-state index contributed by atoms with van der Waals surface area (Å²) in [6.07, 6.45) is 0. The van der Waals surface area contributed by atoms with Crippen molar-refractivity contribution in [1.82, 2.24) is 0 Å². The van der Waals surface area contributed by atoms with Gasteiger partial charge >= 0.3 is 5.97 Å². The Morgan fingerprint density at radius 1 is 1.50 bits per heavy atom. The Balaban J connectivity index is 3.00. The third kappa shape index (κ3) is 3.75. The lowest BCUT2D eigenvalue weighted by Crippen LogP contribution is -2.17. The fraction of sp³-hybridized carbons (Fsp3) is 0.273. The summed E-state index contributed by atoms with van der Waals surface area (Å²) < 4.78 is 27.9. The van der Waals surface area contributed by atoms with E-state index in [1.807, 2.05) is 6.07 Å². The highest BCUT2D eigenvalue weighted by molar-refractivity contribution is 7.91. The second-order valence-corrected chi connectivity index (χ2v) is 5.64. The molecule has 0 radical (unpaired) electrons. The van der Waals surface area contributed by atoms with E-state index in [2.05, 4.69) is 0 Å². The molecular weight excluding hydrogens is 258 g/mol. The molecule has 18 heavy (non-hydrogen) atoms. The maximum Gasteiger partial charge on any atom is 0.318 e. The quantitative estimate of drug-likeness (QED) is 0.837. The number of ether oxygens (including phenoxy) is 1. The summed E-state index contributed by atoms with van der Waals surface area (Å²) in [6, 6.07) is 6.21. The molecule has 96 valence electrons. The van der Waals surface area contributed by atoms with E-state index in [0.717, 1.165) is 0 Å². The number of hydrogen-bond donors (Lipinski definition) is 1. The van der Waals surface area contributed by atoms with E-state index in [4.69, 9.17) is 15.1 Å². The first-order valence-corrected chi connectivity index (χ1v) is 6.69. The van der Waals surface area contributed by atoms with Crippen LogP contribution in [-0.4, -0.2) is 32.4 Å². The molecule has 0 aliphatic rings. The van der Waals surface area contributed by atoms with Crippen molar-refractivity contribution in [2.75, 3.05) is 12.9 Å². The number of hydrogen-bond acceptors (Lipinski definition) is 5. The lowest BCUT2D eigenvalue weighted by atomic mass is 10.1. The SMILES string of the molecule is COc1cc(CS(=O)(=O)CC(=O)O)ccc1C#N. The van der Waals surface area contributed by atoms with Gasteiger partial charge in [-0.05, 0) is 17.7 Å². The zero-order valence-corrected chi connectivity index (χ0v) is 10.4. The maximum absolute atomic E-state index is 11.5. The highest BCUT2D eigenvalue weighted by Gasteiger charge is 2.17. The number of nitrogens with zero attached hydrogens (tertiary/aromatic N) is 1. The molecule has 0 aliphatic heterocycles. The largest absolute Gasteiger partial charge is 0.495 e. The zero-order valence-electron chi connectivity index (χ0n) is 9.58. The number of aliphatic carboxylic acids is 1. The Morgan fingerprint density at radius 3 is 2.67 bits per heavy atom. The van der Waals surface area contributed by atoms with Crippen LogP contribution in [0.4, 0.5) is 0 Å². The van der Waals surface area contributed by atoms with Crippen LogP contribution in [0.2, 0.25) is 0 Å². The van der Waals surface area contributed by atoms with Crippen LogP contribution >= 0.6 is 0 Å². The van der Waals surface area contributed by atoms with Crippen LogP contribution in [0.3, 0.4) is 0 Å². The minimum atomic E-state index is -3.72. The van der Waals surface area contributed by atoms with Gasteiger partial charge in [-0.3, -0.25) is 4.79 Å². The van der Waals surface area contributed by atoms with Crippen molar-refractivity contribution in [3.8, 4) is 11.8 Å². The van der Waals surface area contributed by atoms with E-state index in [9.17, 15) is 13.2 Å². The van der Waals surface area contributed by atoms with Crippen LogP contribution in [0.15, 0.2) is 18.2 Å². The van der Waals surface area contributed by atoms with Gasteiger partial charge in [0.15, 0.2) is 9.84 Å². The fourth-order valence-corrected chi connectivity index (χ4v) is 2.58. The molecule has 0 saturated heterocycles. The number of methoxy groups -OCH3 is 1. The molecule has 7 heteroatoms. The third-order valence-electron chi connectivity index (χ3n) is 2.12. The predicted molar refractivity (Wildman–Crippen MR) is 62.8 cm³/mol. The van der Waals surface area contributed by atoms with Gasteiger partial charge in [0.05, 0.1) is 18.4 Å². The van der Waals surface area contributed by atoms with Crippen molar-refractivity contribution in [3.05, 3.63) is 29.3 Å². The molecule has 1 aromatic carbocycles. The van der Waals surface area contributed by atoms with E-state index < -0.39 is 27.3 Å². The molecule has 1 aromatic rings. The van der Waals surface area contributed by atoms with Gasteiger partial charge in [0.25, 0.3) is 0 Å². The minimum Gasteiger partial charge on any atom is -0.495 e. The van der Waals surface area contributed by atoms with Crippen LogP contribution in [0.5, 0.6) is 5.75 Å². The van der Waals surface area contributed by atoms with Crippen LogP contribution in [-0.2, 0) is 20.4 Å². The minimum absolute atomic E-state index is 0.264. The molecule has 0 saturated carbocycles. The van der Waals surface area contributed by atoms with E-state index in [-0.39, 0.29) is 11.3 Å². The molecule has 0 atom stereocenters. The molecule has 0 aliphatic carbocycles. The monoisotopic (exact) mass is 269 g/mol. The Labute approximate surface area is 104 Å². The van der Waals surface area contributed by atoms with Gasteiger partial charge in [-0.25, -0.2) is 8.42 Å². The second kappa shape index (κ2) is 5.51. The highest BCUT2D eigenvalue weighted by atomic mass is 32.2. The molecule has 0 aromatic heterocycles. The lowest BCUT2D eigenvalue weighted by Gasteiger charge is -2.06. The van der Waals surface area contributed by atoms with Crippen molar-refractivity contribution in [2.24, 2.45) is 0 Å². The zero-order chi connectivity index (χ0) is 13.8. The first-order valence-electron chi connectivity index (χ1n) is 4.87. The summed E-state index contributed by atoms with van der Waals surface area (Å²) in [6.45, 7) is 0. The number of carboxylic acid groups (broad SMARTS) is 1. The van der Waals surface area contributed by atoms with Gasteiger partial charge in [-0.1, -0.05) is 6.07 Å². The van der Waals surface area contributed by atoms with Gasteiger partial charge in [-0.15, -0.1) is 0 Å². The Kier molecular flexibility index (Phi) is 4.28. The van der Waals surface area contributed by atoms with Crippen molar-refractivity contribution in [2.45, 2.75) is 5.75 Å². The van der Waals surface area contributed by atoms with Crippen LogP contribution in [0.1, 0.15) is 11.1 Å². The average Bonchev–Trinajstić information content (AvgIpc) is 2.26. The number of sulfone groups is 1. The Bertz CT molecular complexity index is 600. The summed E-state index contributed by atoms with van der Waals surface area (Å²) in [5, 5.41) is 17.2. The number of nitriles is 1. The van der Waals surface area contributed by atoms with Gasteiger partial charge < -0.3 is 9.84 Å². The normalized spacial score (nSPS) is 10.7. The van der Waals surface area contributed by atoms with Crippen molar-refractivity contribution >= 4 is 15.8 Å². The average molecular weight is 269 g/mol. The molecule has 0 spiro atoms. The first-order chi connectivity index (χ1) is 8.38. The Morgan fingerprint density at radius 2 is 2.17 bits per heavy atom. The Hall–Kier alpha value is -2.07. The summed E-state index contributed by atoms with van der Waals surface area (Å²) >= 11 is 0.